The number of aliphatic hydroxyl groups excluding tert-OH is 1. The third kappa shape index (κ3) is 4.15. The Hall–Kier alpha value is -0.650. The predicted octanol–water partition coefficient (Wildman–Crippen LogP) is -0.938. The van der Waals surface area contributed by atoms with Gasteiger partial charge in [-0.1, -0.05) is 6.92 Å². The fourth-order valence-corrected chi connectivity index (χ4v) is 1.39. The SMILES string of the molecule is CC(CO)CNC(=O)C1CN(C)CCO1. The van der Waals surface area contributed by atoms with Crippen molar-refractivity contribution in [2.75, 3.05) is 39.9 Å². The molecule has 0 bridgehead atoms. The molecule has 5 heteroatoms. The molecule has 0 saturated carbocycles. The van der Waals surface area contributed by atoms with Crippen molar-refractivity contribution < 1.29 is 14.6 Å². The minimum absolute atomic E-state index is 0.0816. The van der Waals surface area contributed by atoms with Gasteiger partial charge in [0.25, 0.3) is 0 Å². The quantitative estimate of drug-likeness (QED) is 0.637. The molecule has 1 aliphatic rings. The summed E-state index contributed by atoms with van der Waals surface area (Å²) in [5.41, 5.74) is 0. The van der Waals surface area contributed by atoms with Crippen LogP contribution in [0.25, 0.3) is 0 Å². The molecule has 1 aliphatic heterocycles. The highest BCUT2D eigenvalue weighted by atomic mass is 16.5. The van der Waals surface area contributed by atoms with E-state index in [0.29, 0.717) is 19.7 Å². The molecular formula is C10H20N2O3. The summed E-state index contributed by atoms with van der Waals surface area (Å²) >= 11 is 0. The van der Waals surface area contributed by atoms with Crippen LogP contribution in [0.5, 0.6) is 0 Å². The molecule has 1 rings (SSSR count). The van der Waals surface area contributed by atoms with Crippen LogP contribution in [0.4, 0.5) is 0 Å². The summed E-state index contributed by atoms with van der Waals surface area (Å²) in [5.74, 6) is 0.0112. The molecule has 0 aromatic carbocycles. The minimum Gasteiger partial charge on any atom is -0.396 e. The van der Waals surface area contributed by atoms with Crippen molar-refractivity contribution in [2.24, 2.45) is 5.92 Å². The lowest BCUT2D eigenvalue weighted by molar-refractivity contribution is -0.138. The number of nitrogens with one attached hydrogen (secondary N) is 1. The van der Waals surface area contributed by atoms with E-state index in [1.165, 1.54) is 0 Å². The Balaban J connectivity index is 2.26. The van der Waals surface area contributed by atoms with Crippen molar-refractivity contribution >= 4 is 5.91 Å². The van der Waals surface area contributed by atoms with Crippen LogP contribution in [-0.4, -0.2) is 61.9 Å². The number of amides is 1. The van der Waals surface area contributed by atoms with Crippen molar-refractivity contribution in [2.45, 2.75) is 13.0 Å². The number of carbonyl (C=O) groups is 1. The second-order valence-electron chi connectivity index (χ2n) is 4.15. The number of morpholine rings is 1. The summed E-state index contributed by atoms with van der Waals surface area (Å²) in [5, 5.41) is 11.6. The van der Waals surface area contributed by atoms with Gasteiger partial charge in [-0.05, 0) is 13.0 Å². The molecule has 0 aliphatic carbocycles. The van der Waals surface area contributed by atoms with Gasteiger partial charge in [0.2, 0.25) is 5.91 Å². The maximum atomic E-state index is 11.6. The van der Waals surface area contributed by atoms with E-state index in [4.69, 9.17) is 9.84 Å². The Morgan fingerprint density at radius 3 is 3.07 bits per heavy atom. The van der Waals surface area contributed by atoms with Crippen LogP contribution >= 0.6 is 0 Å². The van der Waals surface area contributed by atoms with Gasteiger partial charge in [-0.2, -0.15) is 0 Å². The van der Waals surface area contributed by atoms with Gasteiger partial charge in [0.05, 0.1) is 6.61 Å². The van der Waals surface area contributed by atoms with Crippen molar-refractivity contribution in [1.29, 1.82) is 0 Å². The van der Waals surface area contributed by atoms with E-state index >= 15 is 0 Å². The van der Waals surface area contributed by atoms with E-state index in [9.17, 15) is 4.79 Å². The lowest BCUT2D eigenvalue weighted by atomic mass is 10.2. The van der Waals surface area contributed by atoms with E-state index in [-0.39, 0.29) is 24.5 Å². The van der Waals surface area contributed by atoms with E-state index in [0.717, 1.165) is 6.54 Å². The van der Waals surface area contributed by atoms with Gasteiger partial charge < -0.3 is 20.1 Å². The lowest BCUT2D eigenvalue weighted by Gasteiger charge is -2.29. The summed E-state index contributed by atoms with van der Waals surface area (Å²) in [4.78, 5) is 13.7. The highest BCUT2D eigenvalue weighted by Crippen LogP contribution is 2.03. The zero-order valence-corrected chi connectivity index (χ0v) is 9.40. The molecule has 5 nitrogen and oxygen atoms in total. The third-order valence-corrected chi connectivity index (χ3v) is 2.50. The number of aliphatic hydroxyl groups is 1. The molecular weight excluding hydrogens is 196 g/mol. The van der Waals surface area contributed by atoms with E-state index < -0.39 is 0 Å². The molecule has 2 atom stereocenters. The summed E-state index contributed by atoms with van der Waals surface area (Å²) in [6.45, 7) is 4.58. The van der Waals surface area contributed by atoms with Crippen molar-refractivity contribution in [3.05, 3.63) is 0 Å². The first-order chi connectivity index (χ1) is 7.13. The van der Waals surface area contributed by atoms with Gasteiger partial charge in [-0.3, -0.25) is 4.79 Å². The van der Waals surface area contributed by atoms with E-state index in [2.05, 4.69) is 10.2 Å². The normalized spacial score (nSPS) is 24.9. The molecule has 15 heavy (non-hydrogen) atoms. The number of rotatable bonds is 4. The van der Waals surface area contributed by atoms with Gasteiger partial charge in [-0.25, -0.2) is 0 Å². The molecule has 0 aromatic rings. The summed E-state index contributed by atoms with van der Waals surface area (Å²) in [7, 11) is 1.97. The fourth-order valence-electron chi connectivity index (χ4n) is 1.39. The molecule has 2 unspecified atom stereocenters. The first-order valence-electron chi connectivity index (χ1n) is 5.32. The standard InChI is InChI=1S/C10H20N2O3/c1-8(7-13)5-11-10(14)9-6-12(2)3-4-15-9/h8-9,13H,3-7H2,1-2H3,(H,11,14). The number of nitrogens with zero attached hydrogens (tertiary/aromatic N) is 1. The molecule has 88 valence electrons. The average molecular weight is 216 g/mol. The van der Waals surface area contributed by atoms with Gasteiger partial charge in [0.1, 0.15) is 6.10 Å². The van der Waals surface area contributed by atoms with Crippen molar-refractivity contribution in [3.8, 4) is 0 Å². The Kier molecular flexibility index (Phi) is 5.01. The molecule has 1 fully saturated rings. The second kappa shape index (κ2) is 6.05. The first-order valence-corrected chi connectivity index (χ1v) is 5.32. The Morgan fingerprint density at radius 2 is 2.47 bits per heavy atom. The summed E-state index contributed by atoms with van der Waals surface area (Å²) in [6.07, 6.45) is -0.366. The number of likely N-dealkylation sites (N-methyl/N-ethyl adjacent to an activating group) is 1. The second-order valence-corrected chi connectivity index (χ2v) is 4.15. The predicted molar refractivity (Wildman–Crippen MR) is 56.5 cm³/mol. The van der Waals surface area contributed by atoms with Gasteiger partial charge in [0, 0.05) is 26.2 Å². The van der Waals surface area contributed by atoms with Crippen LogP contribution in [0.2, 0.25) is 0 Å². The van der Waals surface area contributed by atoms with Gasteiger partial charge >= 0.3 is 0 Å². The Labute approximate surface area is 90.4 Å². The molecule has 0 aromatic heterocycles. The van der Waals surface area contributed by atoms with Crippen molar-refractivity contribution in [1.82, 2.24) is 10.2 Å². The average Bonchev–Trinajstić information content (AvgIpc) is 2.25. The van der Waals surface area contributed by atoms with Crippen LogP contribution in [0, 0.1) is 5.92 Å². The molecule has 1 amide bonds. The number of hydrogen-bond acceptors (Lipinski definition) is 4. The van der Waals surface area contributed by atoms with Crippen LogP contribution in [0.15, 0.2) is 0 Å². The molecule has 0 spiro atoms. The lowest BCUT2D eigenvalue weighted by Crippen LogP contribution is -2.49. The van der Waals surface area contributed by atoms with E-state index in [1.807, 2.05) is 14.0 Å². The van der Waals surface area contributed by atoms with Gasteiger partial charge in [0.15, 0.2) is 0 Å². The van der Waals surface area contributed by atoms with Crippen LogP contribution in [0.3, 0.4) is 0 Å². The number of carbonyl (C=O) groups excluding carboxylic acids is 1. The minimum atomic E-state index is -0.366. The molecule has 0 radical (unpaired) electrons. The Morgan fingerprint density at radius 1 is 1.73 bits per heavy atom. The maximum absolute atomic E-state index is 11.6. The Bertz CT molecular complexity index is 211. The molecule has 1 heterocycles. The maximum Gasteiger partial charge on any atom is 0.250 e. The highest BCUT2D eigenvalue weighted by Gasteiger charge is 2.24. The summed E-state index contributed by atoms with van der Waals surface area (Å²) < 4.78 is 5.36. The molecule has 2 N–H and O–H groups in total. The largest absolute Gasteiger partial charge is 0.396 e. The van der Waals surface area contributed by atoms with Crippen LogP contribution in [0.1, 0.15) is 6.92 Å². The van der Waals surface area contributed by atoms with E-state index in [1.54, 1.807) is 0 Å². The zero-order chi connectivity index (χ0) is 11.3. The van der Waals surface area contributed by atoms with Crippen LogP contribution in [-0.2, 0) is 9.53 Å². The first kappa shape index (κ1) is 12.4. The van der Waals surface area contributed by atoms with Gasteiger partial charge in [-0.15, -0.1) is 0 Å². The monoisotopic (exact) mass is 216 g/mol. The summed E-state index contributed by atoms with van der Waals surface area (Å²) in [6, 6.07) is 0. The third-order valence-electron chi connectivity index (χ3n) is 2.50. The topological polar surface area (TPSA) is 61.8 Å². The number of ether oxygens (including phenoxy) is 1. The number of hydrogen-bond donors (Lipinski definition) is 2. The highest BCUT2D eigenvalue weighted by molar-refractivity contribution is 5.81. The van der Waals surface area contributed by atoms with Crippen molar-refractivity contribution in [3.63, 3.8) is 0 Å². The molecule has 1 saturated heterocycles. The van der Waals surface area contributed by atoms with Crippen LogP contribution < -0.4 is 5.32 Å². The zero-order valence-electron chi connectivity index (χ0n) is 9.40. The fraction of sp³-hybridized carbons (Fsp3) is 0.900. The smallest absolute Gasteiger partial charge is 0.250 e.